The Balaban J connectivity index is 1.37. The van der Waals surface area contributed by atoms with Crippen LogP contribution >= 0.6 is 11.8 Å². The first-order valence-corrected chi connectivity index (χ1v) is 15.0. The van der Waals surface area contributed by atoms with Crippen LogP contribution < -0.4 is 15.8 Å². The van der Waals surface area contributed by atoms with Crippen LogP contribution in [0.1, 0.15) is 46.5 Å². The number of carbonyl (C=O) groups is 3. The molecule has 4 rings (SSSR count). The quantitative estimate of drug-likeness (QED) is 0.265. The lowest BCUT2D eigenvalue weighted by atomic mass is 9.73. The summed E-state index contributed by atoms with van der Waals surface area (Å²) in [6, 6.07) is -0.454. The zero-order valence-electron chi connectivity index (χ0n) is 21.0. The Labute approximate surface area is 216 Å². The van der Waals surface area contributed by atoms with Gasteiger partial charge in [-0.1, -0.05) is 20.8 Å². The molecule has 7 atom stereocenters. The Kier molecular flexibility index (Phi) is 8.18. The normalized spacial score (nSPS) is 33.7. The van der Waals surface area contributed by atoms with Crippen molar-refractivity contribution in [1.29, 1.82) is 0 Å². The van der Waals surface area contributed by atoms with E-state index in [-0.39, 0.29) is 65.1 Å². The number of nitrogens with one attached hydrogen (secondary N) is 2. The first-order chi connectivity index (χ1) is 16.9. The largest absolute Gasteiger partial charge is 0.477 e. The number of hydrogen-bond donors (Lipinski definition) is 4. The van der Waals surface area contributed by atoms with Crippen molar-refractivity contribution in [2.24, 2.45) is 23.5 Å². The molecule has 0 unspecified atom stereocenters. The summed E-state index contributed by atoms with van der Waals surface area (Å²) in [5.74, 6) is -1.86. The molecule has 202 valence electrons. The molecule has 3 fully saturated rings. The Bertz CT molecular complexity index is 1050. The highest BCUT2D eigenvalue weighted by Gasteiger charge is 2.60. The number of β-lactam (4-membered cyclic amide) rings is 1. The number of carboxylic acid groups (broad SMARTS) is 1. The molecule has 4 heterocycles. The van der Waals surface area contributed by atoms with Gasteiger partial charge in [-0.25, -0.2) is 9.52 Å². The number of thioether (sulfide) groups is 1. The SMILES string of the molecule is CCC(=O)C[C@H](C)[C@H]1C(=O)N2C(C(=O)O)=C(S[C@@H]3CN[C@H](CNS(=O)(=O)N4CC[C@H](N)C4)C3)[C@H](C)[C@H]12. The Morgan fingerprint density at radius 3 is 2.69 bits per heavy atom. The average Bonchev–Trinajstić information content (AvgIpc) is 3.51. The molecule has 1 amide bonds. The molecular weight excluding hydrogens is 506 g/mol. The Morgan fingerprint density at radius 1 is 1.36 bits per heavy atom. The molecular formula is C23H37N5O6S2. The summed E-state index contributed by atoms with van der Waals surface area (Å²) < 4.78 is 29.1. The zero-order valence-corrected chi connectivity index (χ0v) is 22.6. The second kappa shape index (κ2) is 10.7. The molecule has 4 aliphatic rings. The fourth-order valence-corrected chi connectivity index (χ4v) is 8.72. The number of nitrogens with two attached hydrogens (primary N) is 1. The minimum atomic E-state index is -3.59. The highest BCUT2D eigenvalue weighted by Crippen LogP contribution is 2.53. The average molecular weight is 544 g/mol. The third kappa shape index (κ3) is 5.23. The molecule has 3 saturated heterocycles. The van der Waals surface area contributed by atoms with Crippen LogP contribution in [-0.2, 0) is 24.6 Å². The number of rotatable bonds is 11. The van der Waals surface area contributed by atoms with E-state index in [1.165, 1.54) is 21.0 Å². The Morgan fingerprint density at radius 2 is 2.08 bits per heavy atom. The van der Waals surface area contributed by atoms with Crippen LogP contribution in [0.3, 0.4) is 0 Å². The number of nitrogens with zero attached hydrogens (tertiary/aromatic N) is 2. The fraction of sp³-hybridized carbons (Fsp3) is 0.783. The van der Waals surface area contributed by atoms with Crippen LogP contribution in [0.25, 0.3) is 0 Å². The summed E-state index contributed by atoms with van der Waals surface area (Å²) in [5, 5.41) is 13.3. The first kappa shape index (κ1) is 27.5. The summed E-state index contributed by atoms with van der Waals surface area (Å²) in [7, 11) is -3.59. The summed E-state index contributed by atoms with van der Waals surface area (Å²) in [5.41, 5.74) is 5.89. The standard InChI is InChI=1S/C23H37N5O6S2/c1-4-16(29)7-12(2)18-19-13(3)21(20(23(31)32)28(19)22(18)30)35-17-8-15(25-10-17)9-26-36(33,34)27-6-5-14(24)11-27/h12-15,17-19,25-26H,4-11,24H2,1-3H3,(H,31,32)/t12-,13+,14-,15-,17-,18+,19+/m0/s1. The summed E-state index contributed by atoms with van der Waals surface area (Å²) in [4.78, 5) is 39.2. The van der Waals surface area contributed by atoms with Crippen molar-refractivity contribution in [3.63, 3.8) is 0 Å². The predicted octanol–water partition coefficient (Wildman–Crippen LogP) is 0.0957. The highest BCUT2D eigenvalue weighted by molar-refractivity contribution is 8.03. The minimum absolute atomic E-state index is 0.0536. The zero-order chi connectivity index (χ0) is 26.4. The molecule has 0 aromatic rings. The maximum atomic E-state index is 13.0. The van der Waals surface area contributed by atoms with E-state index in [9.17, 15) is 27.9 Å². The van der Waals surface area contributed by atoms with Gasteiger partial charge in [0.15, 0.2) is 0 Å². The number of fused-ring (bicyclic) bond motifs is 1. The van der Waals surface area contributed by atoms with Crippen molar-refractivity contribution >= 4 is 39.6 Å². The summed E-state index contributed by atoms with van der Waals surface area (Å²) in [6.07, 6.45) is 2.06. The topological polar surface area (TPSA) is 162 Å². The number of carboxylic acids is 1. The molecule has 5 N–H and O–H groups in total. The molecule has 0 spiro atoms. The smallest absolute Gasteiger partial charge is 0.353 e. The van der Waals surface area contributed by atoms with E-state index < -0.39 is 16.2 Å². The van der Waals surface area contributed by atoms with E-state index in [1.807, 2.05) is 13.8 Å². The van der Waals surface area contributed by atoms with Gasteiger partial charge in [0.25, 0.3) is 10.2 Å². The number of amides is 1. The van der Waals surface area contributed by atoms with Crippen molar-refractivity contribution in [1.82, 2.24) is 19.2 Å². The lowest BCUT2D eigenvalue weighted by Gasteiger charge is -2.47. The molecule has 0 saturated carbocycles. The third-order valence-corrected chi connectivity index (χ3v) is 10.9. The number of ketones is 1. The van der Waals surface area contributed by atoms with Gasteiger partial charge in [0.05, 0.1) is 12.0 Å². The number of Topliss-reactive ketones (excluding diaryl/α,β-unsaturated/α-hetero) is 1. The van der Waals surface area contributed by atoms with Crippen LogP contribution in [0, 0.1) is 17.8 Å². The van der Waals surface area contributed by atoms with Gasteiger partial charge in [-0.3, -0.25) is 9.59 Å². The van der Waals surface area contributed by atoms with Gasteiger partial charge in [-0.15, -0.1) is 11.8 Å². The number of carbonyl (C=O) groups excluding carboxylic acids is 2. The van der Waals surface area contributed by atoms with Crippen molar-refractivity contribution in [3.8, 4) is 0 Å². The van der Waals surface area contributed by atoms with Crippen LogP contribution in [-0.4, -0.2) is 89.9 Å². The highest BCUT2D eigenvalue weighted by atomic mass is 32.2. The van der Waals surface area contributed by atoms with E-state index in [1.54, 1.807) is 6.92 Å². The van der Waals surface area contributed by atoms with Crippen molar-refractivity contribution in [2.45, 2.75) is 69.8 Å². The van der Waals surface area contributed by atoms with Gasteiger partial charge in [0.2, 0.25) is 5.91 Å². The lowest BCUT2D eigenvalue weighted by Crippen LogP contribution is -2.62. The van der Waals surface area contributed by atoms with Crippen molar-refractivity contribution in [3.05, 3.63) is 10.6 Å². The lowest BCUT2D eigenvalue weighted by molar-refractivity contribution is -0.160. The van der Waals surface area contributed by atoms with E-state index in [4.69, 9.17) is 5.73 Å². The van der Waals surface area contributed by atoms with Gasteiger partial charge in [0.1, 0.15) is 11.5 Å². The van der Waals surface area contributed by atoms with Crippen molar-refractivity contribution in [2.75, 3.05) is 26.2 Å². The number of hydrogen-bond acceptors (Lipinski definition) is 8. The maximum Gasteiger partial charge on any atom is 0.353 e. The van der Waals surface area contributed by atoms with Crippen LogP contribution in [0.2, 0.25) is 0 Å². The molecule has 0 aromatic carbocycles. The van der Waals surface area contributed by atoms with E-state index in [0.717, 1.165) is 0 Å². The van der Waals surface area contributed by atoms with Gasteiger partial charge in [0, 0.05) is 67.2 Å². The van der Waals surface area contributed by atoms with Crippen LogP contribution in [0.15, 0.2) is 10.6 Å². The summed E-state index contributed by atoms with van der Waals surface area (Å²) >= 11 is 1.48. The molecule has 11 nitrogen and oxygen atoms in total. The molecule has 36 heavy (non-hydrogen) atoms. The van der Waals surface area contributed by atoms with E-state index in [2.05, 4.69) is 10.0 Å². The van der Waals surface area contributed by atoms with Crippen LogP contribution in [0.5, 0.6) is 0 Å². The van der Waals surface area contributed by atoms with Gasteiger partial charge in [-0.2, -0.15) is 12.7 Å². The first-order valence-electron chi connectivity index (χ1n) is 12.7. The molecule has 0 aliphatic carbocycles. The molecule has 4 aliphatic heterocycles. The van der Waals surface area contributed by atoms with Gasteiger partial charge < -0.3 is 21.1 Å². The maximum absolute atomic E-state index is 13.0. The van der Waals surface area contributed by atoms with E-state index in [0.29, 0.717) is 50.2 Å². The monoisotopic (exact) mass is 543 g/mol. The minimum Gasteiger partial charge on any atom is -0.477 e. The summed E-state index contributed by atoms with van der Waals surface area (Å²) in [6.45, 7) is 7.24. The van der Waals surface area contributed by atoms with Crippen molar-refractivity contribution < 1.29 is 27.9 Å². The van der Waals surface area contributed by atoms with E-state index >= 15 is 0 Å². The van der Waals surface area contributed by atoms with Gasteiger partial charge >= 0.3 is 5.97 Å². The van der Waals surface area contributed by atoms with Crippen LogP contribution in [0.4, 0.5) is 0 Å². The second-order valence-corrected chi connectivity index (χ2v) is 13.5. The molecule has 0 bridgehead atoms. The third-order valence-electron chi connectivity index (χ3n) is 7.86. The second-order valence-electron chi connectivity index (χ2n) is 10.4. The fourth-order valence-electron chi connectivity index (χ4n) is 5.87. The molecule has 0 aromatic heterocycles. The predicted molar refractivity (Wildman–Crippen MR) is 136 cm³/mol. The number of aliphatic carboxylic acids is 1. The molecule has 0 radical (unpaired) electrons. The van der Waals surface area contributed by atoms with Gasteiger partial charge in [-0.05, 0) is 18.8 Å². The molecule has 13 heteroatoms. The Hall–Kier alpha value is -1.51.